The van der Waals surface area contributed by atoms with Crippen molar-refractivity contribution in [3.8, 4) is 28.1 Å². The molecule has 25 heavy (non-hydrogen) atoms. The van der Waals surface area contributed by atoms with E-state index in [2.05, 4.69) is 4.98 Å². The minimum Gasteiger partial charge on any atom is -0.494 e. The molecule has 0 atom stereocenters. The van der Waals surface area contributed by atoms with Crippen molar-refractivity contribution >= 4 is 5.97 Å². The summed E-state index contributed by atoms with van der Waals surface area (Å²) >= 11 is 0. The lowest BCUT2D eigenvalue weighted by molar-refractivity contribution is 0.0692. The van der Waals surface area contributed by atoms with Crippen LogP contribution >= 0.6 is 0 Å². The van der Waals surface area contributed by atoms with Crippen molar-refractivity contribution in [2.75, 3.05) is 7.11 Å². The Hall–Kier alpha value is -3.08. The smallest absolute Gasteiger partial charge is 0.352 e. The van der Waals surface area contributed by atoms with Crippen LogP contribution in [0.2, 0.25) is 0 Å². The van der Waals surface area contributed by atoms with Crippen LogP contribution in [0.25, 0.3) is 22.4 Å². The summed E-state index contributed by atoms with van der Waals surface area (Å²) in [6.45, 7) is 0. The Balaban J connectivity index is 1.96. The van der Waals surface area contributed by atoms with Crippen molar-refractivity contribution in [2.45, 2.75) is 12.8 Å². The molecule has 0 radical (unpaired) electrons. The minimum absolute atomic E-state index is 0.0891. The van der Waals surface area contributed by atoms with Gasteiger partial charge >= 0.3 is 5.97 Å². The number of aromatic amines is 1. The lowest BCUT2D eigenvalue weighted by Crippen LogP contribution is -2.03. The van der Waals surface area contributed by atoms with Gasteiger partial charge in [0.25, 0.3) is 0 Å². The van der Waals surface area contributed by atoms with Gasteiger partial charge in [-0.05, 0) is 41.7 Å². The number of aromatic nitrogens is 1. The number of hydrogen-bond acceptors (Lipinski definition) is 2. The second-order valence-electron chi connectivity index (χ2n) is 6.04. The zero-order chi connectivity index (χ0) is 17.6. The average molecular weight is 337 g/mol. The molecule has 0 saturated carbocycles. The van der Waals surface area contributed by atoms with Crippen LogP contribution in [0.15, 0.2) is 42.5 Å². The largest absolute Gasteiger partial charge is 0.494 e. The quantitative estimate of drug-likeness (QED) is 0.749. The molecule has 0 amide bonds. The molecule has 0 fully saturated rings. The third-order valence-corrected chi connectivity index (χ3v) is 4.69. The maximum absolute atomic E-state index is 14.2. The van der Waals surface area contributed by atoms with Crippen molar-refractivity contribution in [3.05, 3.63) is 65.1 Å². The zero-order valence-electron chi connectivity index (χ0n) is 13.6. The van der Waals surface area contributed by atoms with Gasteiger partial charge in [-0.1, -0.05) is 30.3 Å². The van der Waals surface area contributed by atoms with Crippen LogP contribution < -0.4 is 4.74 Å². The molecule has 4 nitrogen and oxygen atoms in total. The molecule has 126 valence electrons. The predicted octanol–water partition coefficient (Wildman–Crippen LogP) is 4.29. The van der Waals surface area contributed by atoms with Crippen LogP contribution in [0.3, 0.4) is 0 Å². The SMILES string of the molecule is COc1ccc(-c2c(C(=O)O)[nH]c3c2CCc2ccccc2-3)cc1F. The number of H-pyrrole nitrogens is 1. The van der Waals surface area contributed by atoms with Gasteiger partial charge < -0.3 is 14.8 Å². The fraction of sp³-hybridized carbons (Fsp3) is 0.150. The third kappa shape index (κ3) is 2.39. The molecule has 1 aliphatic carbocycles. The first-order chi connectivity index (χ1) is 12.1. The minimum atomic E-state index is -1.06. The van der Waals surface area contributed by atoms with Gasteiger partial charge in [-0.25, -0.2) is 9.18 Å². The number of aryl methyl sites for hydroxylation is 1. The highest BCUT2D eigenvalue weighted by Crippen LogP contribution is 2.41. The molecule has 0 spiro atoms. The first-order valence-corrected chi connectivity index (χ1v) is 8.00. The third-order valence-electron chi connectivity index (χ3n) is 4.69. The second-order valence-corrected chi connectivity index (χ2v) is 6.04. The maximum Gasteiger partial charge on any atom is 0.352 e. The maximum atomic E-state index is 14.2. The van der Waals surface area contributed by atoms with E-state index in [0.717, 1.165) is 23.2 Å². The van der Waals surface area contributed by atoms with Gasteiger partial charge in [-0.15, -0.1) is 0 Å². The van der Waals surface area contributed by atoms with E-state index in [-0.39, 0.29) is 11.4 Å². The summed E-state index contributed by atoms with van der Waals surface area (Å²) in [5, 5.41) is 9.64. The fourth-order valence-corrected chi connectivity index (χ4v) is 3.56. The summed E-state index contributed by atoms with van der Waals surface area (Å²) in [7, 11) is 1.40. The van der Waals surface area contributed by atoms with E-state index in [1.807, 2.05) is 24.3 Å². The number of aromatic carboxylic acids is 1. The van der Waals surface area contributed by atoms with Crippen molar-refractivity contribution in [1.82, 2.24) is 4.98 Å². The highest BCUT2D eigenvalue weighted by Gasteiger charge is 2.27. The Morgan fingerprint density at radius 1 is 1.20 bits per heavy atom. The molecular weight excluding hydrogens is 321 g/mol. The first kappa shape index (κ1) is 15.4. The molecule has 0 aliphatic heterocycles. The Labute approximate surface area is 143 Å². The van der Waals surface area contributed by atoms with Crippen LogP contribution in [0.4, 0.5) is 4.39 Å². The van der Waals surface area contributed by atoms with Gasteiger partial charge in [0.05, 0.1) is 12.8 Å². The normalized spacial score (nSPS) is 12.4. The van der Waals surface area contributed by atoms with E-state index in [1.54, 1.807) is 6.07 Å². The monoisotopic (exact) mass is 337 g/mol. The number of halogens is 1. The van der Waals surface area contributed by atoms with E-state index in [0.29, 0.717) is 17.5 Å². The Bertz CT molecular complexity index is 991. The topological polar surface area (TPSA) is 62.3 Å². The molecule has 2 aromatic carbocycles. The van der Waals surface area contributed by atoms with Gasteiger partial charge in [0.2, 0.25) is 0 Å². The highest BCUT2D eigenvalue weighted by atomic mass is 19.1. The number of carboxylic acids is 1. The standard InChI is InChI=1S/C20H16FNO3/c1-25-16-9-7-12(10-15(16)21)17-14-8-6-11-4-2-3-5-13(11)18(14)22-19(17)20(23)24/h2-5,7,9-10,22H,6,8H2,1H3,(H,23,24). The van der Waals surface area contributed by atoms with Crippen molar-refractivity contribution in [2.24, 2.45) is 0 Å². The number of carbonyl (C=O) groups is 1. The lowest BCUT2D eigenvalue weighted by Gasteiger charge is -2.17. The summed E-state index contributed by atoms with van der Waals surface area (Å²) in [5.41, 5.74) is 5.09. The summed E-state index contributed by atoms with van der Waals surface area (Å²) in [4.78, 5) is 14.8. The lowest BCUT2D eigenvalue weighted by atomic mass is 9.87. The summed E-state index contributed by atoms with van der Waals surface area (Å²) < 4.78 is 19.1. The first-order valence-electron chi connectivity index (χ1n) is 8.00. The van der Waals surface area contributed by atoms with E-state index in [4.69, 9.17) is 4.74 Å². The molecule has 0 unspecified atom stereocenters. The van der Waals surface area contributed by atoms with Crippen LogP contribution in [-0.2, 0) is 12.8 Å². The predicted molar refractivity (Wildman–Crippen MR) is 92.5 cm³/mol. The summed E-state index contributed by atoms with van der Waals surface area (Å²) in [6.07, 6.45) is 1.53. The summed E-state index contributed by atoms with van der Waals surface area (Å²) in [5.74, 6) is -1.43. The molecular formula is C20H16FNO3. The molecule has 1 aliphatic rings. The Kier molecular flexibility index (Phi) is 3.57. The molecule has 5 heteroatoms. The molecule has 0 saturated heterocycles. The fourth-order valence-electron chi connectivity index (χ4n) is 3.56. The van der Waals surface area contributed by atoms with E-state index < -0.39 is 11.8 Å². The number of rotatable bonds is 3. The highest BCUT2D eigenvalue weighted by molar-refractivity contribution is 5.98. The van der Waals surface area contributed by atoms with Gasteiger partial charge in [0, 0.05) is 11.1 Å². The molecule has 2 N–H and O–H groups in total. The number of ether oxygens (including phenoxy) is 1. The van der Waals surface area contributed by atoms with Crippen molar-refractivity contribution in [1.29, 1.82) is 0 Å². The Morgan fingerprint density at radius 2 is 2.00 bits per heavy atom. The van der Waals surface area contributed by atoms with E-state index in [9.17, 15) is 14.3 Å². The van der Waals surface area contributed by atoms with Crippen molar-refractivity contribution in [3.63, 3.8) is 0 Å². The van der Waals surface area contributed by atoms with Crippen LogP contribution in [-0.4, -0.2) is 23.2 Å². The number of carboxylic acid groups (broad SMARTS) is 1. The molecule has 4 rings (SSSR count). The van der Waals surface area contributed by atoms with Gasteiger partial charge in [0.1, 0.15) is 5.69 Å². The molecule has 1 heterocycles. The average Bonchev–Trinajstić information content (AvgIpc) is 3.02. The zero-order valence-corrected chi connectivity index (χ0v) is 13.6. The number of methoxy groups -OCH3 is 1. The second kappa shape index (κ2) is 5.77. The summed E-state index contributed by atoms with van der Waals surface area (Å²) in [6, 6.07) is 12.5. The van der Waals surface area contributed by atoms with Crippen molar-refractivity contribution < 1.29 is 19.0 Å². The van der Waals surface area contributed by atoms with Gasteiger partial charge in [-0.2, -0.15) is 0 Å². The van der Waals surface area contributed by atoms with Gasteiger partial charge in [-0.3, -0.25) is 0 Å². The van der Waals surface area contributed by atoms with Crippen LogP contribution in [0.5, 0.6) is 5.75 Å². The molecule has 0 bridgehead atoms. The number of fused-ring (bicyclic) bond motifs is 3. The number of nitrogens with one attached hydrogen (secondary N) is 1. The van der Waals surface area contributed by atoms with Gasteiger partial charge in [0.15, 0.2) is 11.6 Å². The van der Waals surface area contributed by atoms with E-state index in [1.165, 1.54) is 24.8 Å². The number of hydrogen-bond donors (Lipinski definition) is 2. The number of benzene rings is 2. The van der Waals surface area contributed by atoms with Crippen LogP contribution in [0, 0.1) is 5.82 Å². The molecule has 1 aromatic heterocycles. The Morgan fingerprint density at radius 3 is 2.72 bits per heavy atom. The molecule has 3 aromatic rings. The van der Waals surface area contributed by atoms with Crippen LogP contribution in [0.1, 0.15) is 21.6 Å². The van der Waals surface area contributed by atoms with E-state index >= 15 is 0 Å².